The fourth-order valence-corrected chi connectivity index (χ4v) is 1.95. The summed E-state index contributed by atoms with van der Waals surface area (Å²) in [6.45, 7) is 5.32. The molecule has 2 heterocycles. The van der Waals surface area contributed by atoms with Gasteiger partial charge in [0.2, 0.25) is 5.91 Å². The van der Waals surface area contributed by atoms with Crippen LogP contribution in [-0.4, -0.2) is 49.0 Å². The molecule has 0 radical (unpaired) electrons. The van der Waals surface area contributed by atoms with Crippen LogP contribution in [0.5, 0.6) is 0 Å². The van der Waals surface area contributed by atoms with Gasteiger partial charge in [-0.1, -0.05) is 6.92 Å². The summed E-state index contributed by atoms with van der Waals surface area (Å²) in [5, 5.41) is 6.08. The molecule has 14 heavy (non-hydrogen) atoms. The maximum Gasteiger partial charge on any atom is 0.242 e. The Kier molecular flexibility index (Phi) is 2.56. The van der Waals surface area contributed by atoms with Crippen LogP contribution < -0.4 is 10.6 Å². The van der Waals surface area contributed by atoms with E-state index in [1.54, 1.807) is 0 Å². The lowest BCUT2D eigenvalue weighted by Gasteiger charge is -2.35. The SMILES string of the molecule is CCC1C(=O)NCCN1C1=NCCN1. The molecule has 1 saturated heterocycles. The molecule has 0 aromatic heterocycles. The van der Waals surface area contributed by atoms with E-state index in [4.69, 9.17) is 0 Å². The van der Waals surface area contributed by atoms with Crippen LogP contribution in [0.3, 0.4) is 0 Å². The van der Waals surface area contributed by atoms with Crippen molar-refractivity contribution in [1.82, 2.24) is 15.5 Å². The summed E-state index contributed by atoms with van der Waals surface area (Å²) in [6.07, 6.45) is 0.826. The third-order valence-corrected chi connectivity index (χ3v) is 2.65. The molecule has 1 atom stereocenters. The van der Waals surface area contributed by atoms with Gasteiger partial charge in [-0.15, -0.1) is 0 Å². The molecule has 5 heteroatoms. The van der Waals surface area contributed by atoms with Gasteiger partial charge in [0.15, 0.2) is 5.96 Å². The van der Waals surface area contributed by atoms with Crippen molar-refractivity contribution in [2.24, 2.45) is 4.99 Å². The Morgan fingerprint density at radius 2 is 2.36 bits per heavy atom. The van der Waals surface area contributed by atoms with Crippen LogP contribution in [0.4, 0.5) is 0 Å². The number of nitrogens with one attached hydrogen (secondary N) is 2. The Hall–Kier alpha value is -1.26. The minimum Gasteiger partial charge on any atom is -0.354 e. The summed E-state index contributed by atoms with van der Waals surface area (Å²) < 4.78 is 0. The van der Waals surface area contributed by atoms with E-state index in [0.29, 0.717) is 0 Å². The smallest absolute Gasteiger partial charge is 0.242 e. The third-order valence-electron chi connectivity index (χ3n) is 2.65. The summed E-state index contributed by atoms with van der Waals surface area (Å²) in [6, 6.07) is -0.0481. The van der Waals surface area contributed by atoms with Crippen molar-refractivity contribution in [3.63, 3.8) is 0 Å². The molecule has 0 aliphatic carbocycles. The zero-order chi connectivity index (χ0) is 9.97. The Labute approximate surface area is 83.6 Å². The average molecular weight is 196 g/mol. The normalized spacial score (nSPS) is 26.9. The molecule has 2 N–H and O–H groups in total. The summed E-state index contributed by atoms with van der Waals surface area (Å²) >= 11 is 0. The topological polar surface area (TPSA) is 56.7 Å². The number of carbonyl (C=O) groups is 1. The molecule has 78 valence electrons. The van der Waals surface area contributed by atoms with Crippen LogP contribution in [0.1, 0.15) is 13.3 Å². The van der Waals surface area contributed by atoms with Crippen molar-refractivity contribution in [3.05, 3.63) is 0 Å². The number of aliphatic imine (C=N–C) groups is 1. The minimum absolute atomic E-state index is 0.0481. The first-order chi connectivity index (χ1) is 6.83. The Morgan fingerprint density at radius 1 is 1.50 bits per heavy atom. The molecule has 0 spiro atoms. The van der Waals surface area contributed by atoms with Gasteiger partial charge in [-0.25, -0.2) is 0 Å². The molecule has 1 amide bonds. The number of carbonyl (C=O) groups excluding carboxylic acids is 1. The lowest BCUT2D eigenvalue weighted by Crippen LogP contribution is -2.58. The van der Waals surface area contributed by atoms with Gasteiger partial charge in [0.05, 0.1) is 6.54 Å². The molecular weight excluding hydrogens is 180 g/mol. The highest BCUT2D eigenvalue weighted by Gasteiger charge is 2.30. The van der Waals surface area contributed by atoms with E-state index >= 15 is 0 Å². The quantitative estimate of drug-likeness (QED) is 0.575. The Balaban J connectivity index is 2.11. The molecule has 2 aliphatic rings. The summed E-state index contributed by atoms with van der Waals surface area (Å²) in [5.74, 6) is 1.02. The first-order valence-corrected chi connectivity index (χ1v) is 5.15. The van der Waals surface area contributed by atoms with E-state index in [2.05, 4.69) is 20.5 Å². The van der Waals surface area contributed by atoms with E-state index in [-0.39, 0.29) is 11.9 Å². The van der Waals surface area contributed by atoms with Gasteiger partial charge in [-0.3, -0.25) is 9.79 Å². The monoisotopic (exact) mass is 196 g/mol. The first kappa shape index (κ1) is 9.30. The number of hydrogen-bond acceptors (Lipinski definition) is 4. The zero-order valence-corrected chi connectivity index (χ0v) is 8.42. The van der Waals surface area contributed by atoms with Gasteiger partial charge in [0.25, 0.3) is 0 Å². The summed E-state index contributed by atoms with van der Waals surface area (Å²) in [5.41, 5.74) is 0. The Morgan fingerprint density at radius 3 is 3.00 bits per heavy atom. The standard InChI is InChI=1S/C9H16N4O/c1-2-7-8(14)10-5-6-13(7)9-11-3-4-12-9/h7H,2-6H2,1H3,(H,10,14)(H,11,12). The molecule has 0 bridgehead atoms. The van der Waals surface area contributed by atoms with E-state index < -0.39 is 0 Å². The van der Waals surface area contributed by atoms with E-state index in [1.165, 1.54) is 0 Å². The molecule has 0 saturated carbocycles. The molecule has 0 aromatic carbocycles. The van der Waals surface area contributed by atoms with Gasteiger partial charge < -0.3 is 15.5 Å². The van der Waals surface area contributed by atoms with Gasteiger partial charge in [0, 0.05) is 19.6 Å². The molecule has 2 aliphatic heterocycles. The molecule has 0 aromatic rings. The Bertz CT molecular complexity index is 264. The predicted octanol–water partition coefficient (Wildman–Crippen LogP) is -0.844. The van der Waals surface area contributed by atoms with Gasteiger partial charge in [-0.2, -0.15) is 0 Å². The third kappa shape index (κ3) is 1.54. The number of nitrogens with zero attached hydrogens (tertiary/aromatic N) is 2. The van der Waals surface area contributed by atoms with Crippen LogP contribution in [0.15, 0.2) is 4.99 Å². The molecule has 1 fully saturated rings. The van der Waals surface area contributed by atoms with Crippen LogP contribution >= 0.6 is 0 Å². The van der Waals surface area contributed by atoms with Gasteiger partial charge in [0.1, 0.15) is 6.04 Å². The fraction of sp³-hybridized carbons (Fsp3) is 0.778. The number of amides is 1. The fourth-order valence-electron chi connectivity index (χ4n) is 1.95. The highest BCUT2D eigenvalue weighted by molar-refractivity contribution is 5.90. The largest absolute Gasteiger partial charge is 0.354 e. The summed E-state index contributed by atoms with van der Waals surface area (Å²) in [7, 11) is 0. The van der Waals surface area contributed by atoms with Crippen molar-refractivity contribution < 1.29 is 4.79 Å². The van der Waals surface area contributed by atoms with Crippen LogP contribution in [0.2, 0.25) is 0 Å². The van der Waals surface area contributed by atoms with Crippen molar-refractivity contribution >= 4 is 11.9 Å². The zero-order valence-electron chi connectivity index (χ0n) is 8.42. The second kappa shape index (κ2) is 3.86. The van der Waals surface area contributed by atoms with Crippen LogP contribution in [0.25, 0.3) is 0 Å². The summed E-state index contributed by atoms with van der Waals surface area (Å²) in [4.78, 5) is 18.0. The predicted molar refractivity (Wildman–Crippen MR) is 54.1 cm³/mol. The van der Waals surface area contributed by atoms with Crippen molar-refractivity contribution in [2.45, 2.75) is 19.4 Å². The van der Waals surface area contributed by atoms with E-state index in [9.17, 15) is 4.79 Å². The van der Waals surface area contributed by atoms with Crippen LogP contribution in [0, 0.1) is 0 Å². The van der Waals surface area contributed by atoms with Crippen molar-refractivity contribution in [2.75, 3.05) is 26.2 Å². The average Bonchev–Trinajstić information content (AvgIpc) is 2.70. The number of rotatable bonds is 1. The highest BCUT2D eigenvalue weighted by atomic mass is 16.2. The lowest BCUT2D eigenvalue weighted by molar-refractivity contribution is -0.127. The molecular formula is C9H16N4O. The molecule has 5 nitrogen and oxygen atoms in total. The highest BCUT2D eigenvalue weighted by Crippen LogP contribution is 2.09. The number of guanidine groups is 1. The second-order valence-corrected chi connectivity index (χ2v) is 3.54. The van der Waals surface area contributed by atoms with Gasteiger partial charge in [-0.05, 0) is 6.42 Å². The minimum atomic E-state index is -0.0481. The maximum atomic E-state index is 11.6. The van der Waals surface area contributed by atoms with Gasteiger partial charge >= 0.3 is 0 Å². The number of piperazine rings is 1. The molecule has 2 rings (SSSR count). The van der Waals surface area contributed by atoms with E-state index in [0.717, 1.165) is 38.6 Å². The lowest BCUT2D eigenvalue weighted by atomic mass is 10.1. The first-order valence-electron chi connectivity index (χ1n) is 5.15. The number of hydrogen-bond donors (Lipinski definition) is 2. The van der Waals surface area contributed by atoms with Crippen molar-refractivity contribution in [3.8, 4) is 0 Å². The second-order valence-electron chi connectivity index (χ2n) is 3.54. The maximum absolute atomic E-state index is 11.6. The molecule has 1 unspecified atom stereocenters. The van der Waals surface area contributed by atoms with Crippen LogP contribution in [-0.2, 0) is 4.79 Å². The van der Waals surface area contributed by atoms with E-state index in [1.807, 2.05) is 6.92 Å². The van der Waals surface area contributed by atoms with Crippen molar-refractivity contribution in [1.29, 1.82) is 0 Å².